The van der Waals surface area contributed by atoms with Crippen LogP contribution < -0.4 is 0 Å². The highest BCUT2D eigenvalue weighted by Crippen LogP contribution is 2.20. The second-order valence-electron chi connectivity index (χ2n) is 3.50. The van der Waals surface area contributed by atoms with Gasteiger partial charge in [-0.1, -0.05) is 0 Å². The number of rotatable bonds is 3. The molecule has 78 valence electrons. The molecule has 13 heavy (non-hydrogen) atoms. The van der Waals surface area contributed by atoms with E-state index in [2.05, 4.69) is 0 Å². The van der Waals surface area contributed by atoms with Crippen LogP contribution in [0, 0.1) is 0 Å². The molecule has 0 aromatic heterocycles. The van der Waals surface area contributed by atoms with Crippen molar-refractivity contribution in [2.24, 2.45) is 0 Å². The Morgan fingerprint density at radius 3 is 2.69 bits per heavy atom. The fraction of sp³-hybridized carbons (Fsp3) is 1.00. The normalized spacial score (nSPS) is 26.2. The molecular weight excluding hydrogens is 210 g/mol. The summed E-state index contributed by atoms with van der Waals surface area (Å²) in [6.45, 7) is 1.55. The average molecular weight is 226 g/mol. The number of likely N-dealkylation sites (tertiary alicyclic amines) is 1. The van der Waals surface area contributed by atoms with Gasteiger partial charge in [-0.15, -0.1) is 11.6 Å². The van der Waals surface area contributed by atoms with E-state index in [1.165, 1.54) is 6.26 Å². The zero-order chi connectivity index (χ0) is 9.90. The molecule has 3 nitrogen and oxygen atoms in total. The fourth-order valence-electron chi connectivity index (χ4n) is 1.81. The molecule has 0 N–H and O–H groups in total. The summed E-state index contributed by atoms with van der Waals surface area (Å²) in [5, 5.41) is -0.292. The van der Waals surface area contributed by atoms with Crippen LogP contribution in [0.2, 0.25) is 0 Å². The first-order chi connectivity index (χ1) is 6.05. The standard InChI is InChI=1S/C8H16ClNO2S/c1-13(11,12)8-4-2-3-6-10(8)7-5-9/h8H,2-7H2,1H3. The molecule has 0 aliphatic carbocycles. The van der Waals surface area contributed by atoms with Gasteiger partial charge in [0, 0.05) is 18.7 Å². The van der Waals surface area contributed by atoms with Crippen molar-refractivity contribution in [1.82, 2.24) is 4.90 Å². The van der Waals surface area contributed by atoms with Crippen LogP contribution >= 0.6 is 11.6 Å². The first kappa shape index (κ1) is 11.3. The van der Waals surface area contributed by atoms with Crippen LogP contribution in [-0.2, 0) is 9.84 Å². The van der Waals surface area contributed by atoms with Crippen LogP contribution in [0.4, 0.5) is 0 Å². The van der Waals surface area contributed by atoms with E-state index in [1.807, 2.05) is 4.90 Å². The molecule has 1 heterocycles. The SMILES string of the molecule is CS(=O)(=O)C1CCCCN1CCCl. The van der Waals surface area contributed by atoms with Crippen molar-refractivity contribution < 1.29 is 8.42 Å². The lowest BCUT2D eigenvalue weighted by atomic mass is 10.1. The van der Waals surface area contributed by atoms with Crippen LogP contribution in [0.15, 0.2) is 0 Å². The van der Waals surface area contributed by atoms with Crippen molar-refractivity contribution in [2.75, 3.05) is 25.2 Å². The molecule has 1 saturated heterocycles. The predicted octanol–water partition coefficient (Wildman–Crippen LogP) is 1.08. The Kier molecular flexibility index (Phi) is 4.01. The van der Waals surface area contributed by atoms with E-state index in [0.717, 1.165) is 25.8 Å². The molecule has 0 amide bonds. The second kappa shape index (κ2) is 4.62. The van der Waals surface area contributed by atoms with Gasteiger partial charge in [-0.3, -0.25) is 4.90 Å². The predicted molar refractivity (Wildman–Crippen MR) is 54.8 cm³/mol. The molecule has 1 atom stereocenters. The lowest BCUT2D eigenvalue weighted by Crippen LogP contribution is -2.44. The van der Waals surface area contributed by atoms with E-state index in [-0.39, 0.29) is 5.37 Å². The van der Waals surface area contributed by atoms with Gasteiger partial charge in [0.15, 0.2) is 9.84 Å². The van der Waals surface area contributed by atoms with Crippen molar-refractivity contribution >= 4 is 21.4 Å². The summed E-state index contributed by atoms with van der Waals surface area (Å²) < 4.78 is 22.8. The van der Waals surface area contributed by atoms with Gasteiger partial charge in [-0.25, -0.2) is 8.42 Å². The quantitative estimate of drug-likeness (QED) is 0.675. The van der Waals surface area contributed by atoms with Gasteiger partial charge in [0.1, 0.15) is 5.37 Å². The zero-order valence-corrected chi connectivity index (χ0v) is 9.44. The molecule has 0 radical (unpaired) electrons. The van der Waals surface area contributed by atoms with Crippen molar-refractivity contribution in [2.45, 2.75) is 24.6 Å². The highest BCUT2D eigenvalue weighted by atomic mass is 35.5. The number of sulfone groups is 1. The average Bonchev–Trinajstić information content (AvgIpc) is 2.04. The van der Waals surface area contributed by atoms with Crippen LogP contribution in [0.25, 0.3) is 0 Å². The van der Waals surface area contributed by atoms with Gasteiger partial charge in [-0.2, -0.15) is 0 Å². The second-order valence-corrected chi connectivity index (χ2v) is 6.09. The highest BCUT2D eigenvalue weighted by Gasteiger charge is 2.29. The van der Waals surface area contributed by atoms with E-state index in [0.29, 0.717) is 12.4 Å². The smallest absolute Gasteiger partial charge is 0.163 e. The largest absolute Gasteiger partial charge is 0.286 e. The highest BCUT2D eigenvalue weighted by molar-refractivity contribution is 7.91. The van der Waals surface area contributed by atoms with Crippen LogP contribution in [-0.4, -0.2) is 43.9 Å². The number of nitrogens with zero attached hydrogens (tertiary/aromatic N) is 1. The number of hydrogen-bond donors (Lipinski definition) is 0. The van der Waals surface area contributed by atoms with Gasteiger partial charge in [0.05, 0.1) is 0 Å². The monoisotopic (exact) mass is 225 g/mol. The fourth-order valence-corrected chi connectivity index (χ4v) is 3.37. The van der Waals surface area contributed by atoms with Gasteiger partial charge in [0.2, 0.25) is 0 Å². The molecule has 0 aromatic rings. The van der Waals surface area contributed by atoms with Gasteiger partial charge in [-0.05, 0) is 25.8 Å². The van der Waals surface area contributed by atoms with E-state index < -0.39 is 9.84 Å². The Balaban J connectivity index is 2.67. The summed E-state index contributed by atoms with van der Waals surface area (Å²) in [5.74, 6) is 0.506. The van der Waals surface area contributed by atoms with Crippen LogP contribution in [0.1, 0.15) is 19.3 Å². The minimum absolute atomic E-state index is 0.292. The van der Waals surface area contributed by atoms with E-state index in [1.54, 1.807) is 0 Å². The Labute approximate surface area is 85.0 Å². The zero-order valence-electron chi connectivity index (χ0n) is 7.87. The molecule has 0 saturated carbocycles. The molecule has 0 bridgehead atoms. The van der Waals surface area contributed by atoms with Crippen LogP contribution in [0.3, 0.4) is 0 Å². The maximum absolute atomic E-state index is 11.4. The maximum atomic E-state index is 11.4. The van der Waals surface area contributed by atoms with Crippen molar-refractivity contribution in [1.29, 1.82) is 0 Å². The topological polar surface area (TPSA) is 37.4 Å². The lowest BCUT2D eigenvalue weighted by Gasteiger charge is -2.33. The molecule has 1 aliphatic heterocycles. The summed E-state index contributed by atoms with van der Waals surface area (Å²) in [5.41, 5.74) is 0. The van der Waals surface area contributed by atoms with Crippen molar-refractivity contribution in [3.05, 3.63) is 0 Å². The first-order valence-corrected chi connectivity index (χ1v) is 7.03. The Bertz CT molecular complexity index is 251. The Morgan fingerprint density at radius 2 is 2.15 bits per heavy atom. The molecule has 0 spiro atoms. The molecule has 1 rings (SSSR count). The molecule has 5 heteroatoms. The summed E-state index contributed by atoms with van der Waals surface area (Å²) >= 11 is 5.61. The Hall–Kier alpha value is 0.200. The summed E-state index contributed by atoms with van der Waals surface area (Å²) in [6, 6.07) is 0. The van der Waals surface area contributed by atoms with Crippen LogP contribution in [0.5, 0.6) is 0 Å². The summed E-state index contributed by atoms with van der Waals surface area (Å²) in [6.07, 6.45) is 4.17. The number of hydrogen-bond acceptors (Lipinski definition) is 3. The molecule has 0 aromatic carbocycles. The third-order valence-corrected chi connectivity index (χ3v) is 4.11. The number of halogens is 1. The molecule has 1 fully saturated rings. The molecular formula is C8H16ClNO2S. The Morgan fingerprint density at radius 1 is 1.46 bits per heavy atom. The molecule has 1 unspecified atom stereocenters. The minimum Gasteiger partial charge on any atom is -0.286 e. The number of piperidine rings is 1. The van der Waals surface area contributed by atoms with Crippen molar-refractivity contribution in [3.8, 4) is 0 Å². The third-order valence-electron chi connectivity index (χ3n) is 2.42. The summed E-state index contributed by atoms with van der Waals surface area (Å²) in [7, 11) is -2.93. The van der Waals surface area contributed by atoms with Gasteiger partial charge >= 0.3 is 0 Å². The van der Waals surface area contributed by atoms with E-state index in [4.69, 9.17) is 11.6 Å². The van der Waals surface area contributed by atoms with Gasteiger partial charge in [0.25, 0.3) is 0 Å². The van der Waals surface area contributed by atoms with E-state index in [9.17, 15) is 8.42 Å². The van der Waals surface area contributed by atoms with Gasteiger partial charge < -0.3 is 0 Å². The lowest BCUT2D eigenvalue weighted by molar-refractivity contribution is 0.209. The van der Waals surface area contributed by atoms with Crippen molar-refractivity contribution in [3.63, 3.8) is 0 Å². The molecule has 1 aliphatic rings. The van der Waals surface area contributed by atoms with E-state index >= 15 is 0 Å². The number of alkyl halides is 1. The summed E-state index contributed by atoms with van der Waals surface area (Å²) in [4.78, 5) is 1.98. The first-order valence-electron chi connectivity index (χ1n) is 4.54. The maximum Gasteiger partial charge on any atom is 0.163 e. The minimum atomic E-state index is -2.93. The third kappa shape index (κ3) is 3.11.